The number of carbonyl (C=O) groups excluding carboxylic acids is 1. The summed E-state index contributed by atoms with van der Waals surface area (Å²) < 4.78 is 0. The van der Waals surface area contributed by atoms with Gasteiger partial charge >= 0.3 is 12.0 Å². The SMILES string of the molecule is CC1CC1CNC(=O)NC1(C(=O)O)CCCCC1. The lowest BCUT2D eigenvalue weighted by molar-refractivity contribution is -0.145. The number of nitrogens with one attached hydrogen (secondary N) is 2. The molecule has 0 bridgehead atoms. The molecule has 2 amide bonds. The maximum absolute atomic E-state index is 11.8. The Hall–Kier alpha value is -1.26. The van der Waals surface area contributed by atoms with Crippen molar-refractivity contribution < 1.29 is 14.7 Å². The van der Waals surface area contributed by atoms with Gasteiger partial charge in [-0.1, -0.05) is 26.2 Å². The van der Waals surface area contributed by atoms with E-state index in [9.17, 15) is 14.7 Å². The summed E-state index contributed by atoms with van der Waals surface area (Å²) in [5.41, 5.74) is -1.04. The van der Waals surface area contributed by atoms with E-state index in [0.717, 1.165) is 25.7 Å². The molecule has 2 aliphatic rings. The molecule has 0 aromatic heterocycles. The van der Waals surface area contributed by atoms with Crippen molar-refractivity contribution in [3.63, 3.8) is 0 Å². The lowest BCUT2D eigenvalue weighted by atomic mass is 9.82. The van der Waals surface area contributed by atoms with Crippen LogP contribution in [0.25, 0.3) is 0 Å². The van der Waals surface area contributed by atoms with Gasteiger partial charge in [0.05, 0.1) is 0 Å². The van der Waals surface area contributed by atoms with E-state index >= 15 is 0 Å². The topological polar surface area (TPSA) is 78.4 Å². The predicted molar refractivity (Wildman–Crippen MR) is 67.3 cm³/mol. The number of rotatable bonds is 4. The second kappa shape index (κ2) is 5.16. The van der Waals surface area contributed by atoms with Crippen LogP contribution in [0.3, 0.4) is 0 Å². The summed E-state index contributed by atoms with van der Waals surface area (Å²) in [7, 11) is 0. The molecule has 3 N–H and O–H groups in total. The molecule has 0 heterocycles. The number of aliphatic carboxylic acids is 1. The van der Waals surface area contributed by atoms with Crippen LogP contribution in [0.1, 0.15) is 45.4 Å². The average Bonchev–Trinajstić information content (AvgIpc) is 3.04. The second-order valence-electron chi connectivity index (χ2n) is 5.76. The summed E-state index contributed by atoms with van der Waals surface area (Å²) in [6, 6.07) is -0.335. The first kappa shape index (κ1) is 13.2. The molecule has 2 atom stereocenters. The fourth-order valence-electron chi connectivity index (χ4n) is 2.72. The molecule has 0 aromatic carbocycles. The first-order chi connectivity index (χ1) is 8.53. The molecule has 2 fully saturated rings. The fraction of sp³-hybridized carbons (Fsp3) is 0.846. The van der Waals surface area contributed by atoms with Crippen LogP contribution in [0.4, 0.5) is 4.79 Å². The van der Waals surface area contributed by atoms with Crippen molar-refractivity contribution in [2.45, 2.75) is 51.0 Å². The molecule has 0 aliphatic heterocycles. The van der Waals surface area contributed by atoms with Crippen molar-refractivity contribution in [3.05, 3.63) is 0 Å². The Morgan fingerprint density at radius 2 is 1.89 bits per heavy atom. The van der Waals surface area contributed by atoms with Crippen molar-refractivity contribution in [2.75, 3.05) is 6.54 Å². The third kappa shape index (κ3) is 2.94. The minimum Gasteiger partial charge on any atom is -0.480 e. The zero-order valence-corrected chi connectivity index (χ0v) is 10.9. The molecule has 5 heteroatoms. The van der Waals surface area contributed by atoms with E-state index in [2.05, 4.69) is 17.6 Å². The summed E-state index contributed by atoms with van der Waals surface area (Å²) in [4.78, 5) is 23.1. The first-order valence-corrected chi connectivity index (χ1v) is 6.83. The minimum absolute atomic E-state index is 0.335. The standard InChI is InChI=1S/C13H22N2O3/c1-9-7-10(9)8-14-12(18)15-13(11(16)17)5-3-2-4-6-13/h9-10H,2-8H2,1H3,(H,16,17)(H2,14,15,18). The molecular formula is C13H22N2O3. The van der Waals surface area contributed by atoms with Crippen LogP contribution >= 0.6 is 0 Å². The summed E-state index contributed by atoms with van der Waals surface area (Å²) in [6.07, 6.45) is 5.02. The van der Waals surface area contributed by atoms with E-state index in [-0.39, 0.29) is 6.03 Å². The van der Waals surface area contributed by atoms with Gasteiger partial charge in [-0.3, -0.25) is 0 Å². The largest absolute Gasteiger partial charge is 0.480 e. The van der Waals surface area contributed by atoms with Crippen LogP contribution in [0.5, 0.6) is 0 Å². The molecule has 18 heavy (non-hydrogen) atoms. The summed E-state index contributed by atoms with van der Waals surface area (Å²) in [5.74, 6) is 0.355. The molecule has 0 aromatic rings. The van der Waals surface area contributed by atoms with Gasteiger partial charge in [-0.15, -0.1) is 0 Å². The Morgan fingerprint density at radius 3 is 2.39 bits per heavy atom. The molecule has 2 saturated carbocycles. The van der Waals surface area contributed by atoms with Gasteiger partial charge in [0.25, 0.3) is 0 Å². The number of carboxylic acids is 1. The third-order valence-electron chi connectivity index (χ3n) is 4.27. The van der Waals surface area contributed by atoms with Crippen LogP contribution in [0, 0.1) is 11.8 Å². The Kier molecular flexibility index (Phi) is 3.78. The maximum Gasteiger partial charge on any atom is 0.329 e. The smallest absolute Gasteiger partial charge is 0.329 e. The summed E-state index contributed by atoms with van der Waals surface area (Å²) >= 11 is 0. The van der Waals surface area contributed by atoms with E-state index in [1.165, 1.54) is 0 Å². The molecule has 0 radical (unpaired) electrons. The molecular weight excluding hydrogens is 232 g/mol. The lowest BCUT2D eigenvalue weighted by Crippen LogP contribution is -2.58. The third-order valence-corrected chi connectivity index (χ3v) is 4.27. The normalized spacial score (nSPS) is 29.4. The molecule has 2 unspecified atom stereocenters. The van der Waals surface area contributed by atoms with E-state index < -0.39 is 11.5 Å². The molecule has 2 rings (SSSR count). The van der Waals surface area contributed by atoms with Gasteiger partial charge in [-0.2, -0.15) is 0 Å². The number of hydrogen-bond donors (Lipinski definition) is 3. The van der Waals surface area contributed by atoms with Gasteiger partial charge in [0, 0.05) is 6.54 Å². The van der Waals surface area contributed by atoms with Crippen molar-refractivity contribution in [2.24, 2.45) is 11.8 Å². The van der Waals surface area contributed by atoms with Gasteiger partial charge in [-0.05, 0) is 31.1 Å². The quantitative estimate of drug-likeness (QED) is 0.715. The Balaban J connectivity index is 1.84. The molecule has 0 saturated heterocycles. The van der Waals surface area contributed by atoms with Gasteiger partial charge < -0.3 is 15.7 Å². The zero-order valence-electron chi connectivity index (χ0n) is 10.9. The number of amides is 2. The van der Waals surface area contributed by atoms with Crippen molar-refractivity contribution in [3.8, 4) is 0 Å². The highest BCUT2D eigenvalue weighted by atomic mass is 16.4. The van der Waals surface area contributed by atoms with Crippen molar-refractivity contribution in [1.29, 1.82) is 0 Å². The van der Waals surface area contributed by atoms with Crippen molar-refractivity contribution >= 4 is 12.0 Å². The van der Waals surface area contributed by atoms with E-state index in [1.807, 2.05) is 0 Å². The Labute approximate surface area is 107 Å². The second-order valence-corrected chi connectivity index (χ2v) is 5.76. The van der Waals surface area contributed by atoms with Crippen LogP contribution in [0.15, 0.2) is 0 Å². The van der Waals surface area contributed by atoms with E-state index in [4.69, 9.17) is 0 Å². The highest BCUT2D eigenvalue weighted by molar-refractivity contribution is 5.86. The molecule has 2 aliphatic carbocycles. The van der Waals surface area contributed by atoms with Crippen LogP contribution in [0.2, 0.25) is 0 Å². The van der Waals surface area contributed by atoms with Crippen LogP contribution in [-0.4, -0.2) is 29.2 Å². The van der Waals surface area contributed by atoms with Gasteiger partial charge in [-0.25, -0.2) is 9.59 Å². The highest BCUT2D eigenvalue weighted by Gasteiger charge is 2.41. The predicted octanol–water partition coefficient (Wildman–Crippen LogP) is 1.73. The Bertz CT molecular complexity index is 337. The molecule has 102 valence electrons. The number of carbonyl (C=O) groups is 2. The Morgan fingerprint density at radius 1 is 1.28 bits per heavy atom. The average molecular weight is 254 g/mol. The first-order valence-electron chi connectivity index (χ1n) is 6.83. The van der Waals surface area contributed by atoms with E-state index in [0.29, 0.717) is 31.2 Å². The van der Waals surface area contributed by atoms with Gasteiger partial charge in [0.1, 0.15) is 5.54 Å². The lowest BCUT2D eigenvalue weighted by Gasteiger charge is -2.33. The van der Waals surface area contributed by atoms with Gasteiger partial charge in [0.15, 0.2) is 0 Å². The van der Waals surface area contributed by atoms with Crippen LogP contribution in [-0.2, 0) is 4.79 Å². The molecule has 0 spiro atoms. The highest BCUT2D eigenvalue weighted by Crippen LogP contribution is 2.36. The summed E-state index contributed by atoms with van der Waals surface area (Å²) in [6.45, 7) is 2.81. The minimum atomic E-state index is -1.04. The molecule has 5 nitrogen and oxygen atoms in total. The zero-order chi connectivity index (χ0) is 13.2. The monoisotopic (exact) mass is 254 g/mol. The number of hydrogen-bond acceptors (Lipinski definition) is 2. The van der Waals surface area contributed by atoms with Crippen molar-refractivity contribution in [1.82, 2.24) is 10.6 Å². The van der Waals surface area contributed by atoms with Crippen LogP contribution < -0.4 is 10.6 Å². The maximum atomic E-state index is 11.8. The van der Waals surface area contributed by atoms with E-state index in [1.54, 1.807) is 0 Å². The number of urea groups is 1. The van der Waals surface area contributed by atoms with Gasteiger partial charge in [0.2, 0.25) is 0 Å². The fourth-order valence-corrected chi connectivity index (χ4v) is 2.72. The summed E-state index contributed by atoms with van der Waals surface area (Å²) in [5, 5.41) is 14.8. The number of carboxylic acid groups (broad SMARTS) is 1.